The summed E-state index contributed by atoms with van der Waals surface area (Å²) >= 11 is 1.55. The lowest BCUT2D eigenvalue weighted by molar-refractivity contribution is -0.130. The van der Waals surface area contributed by atoms with Crippen molar-refractivity contribution >= 4 is 17.2 Å². The molecule has 84 valence electrons. The summed E-state index contributed by atoms with van der Waals surface area (Å²) in [6.45, 7) is 4.29. The van der Waals surface area contributed by atoms with E-state index in [1.54, 1.807) is 21.7 Å². The Bertz CT molecular complexity index is 287. The summed E-state index contributed by atoms with van der Waals surface area (Å²) in [6.07, 6.45) is 0.550. The van der Waals surface area contributed by atoms with E-state index in [1.165, 1.54) is 0 Å². The first-order valence-electron chi connectivity index (χ1n) is 5.05. The van der Waals surface area contributed by atoms with Gasteiger partial charge in [-0.25, -0.2) is 4.98 Å². The Morgan fingerprint density at radius 1 is 1.67 bits per heavy atom. The molecule has 0 aromatic carbocycles. The van der Waals surface area contributed by atoms with Crippen LogP contribution in [0.4, 0.5) is 0 Å². The fourth-order valence-electron chi connectivity index (χ4n) is 1.21. The normalized spacial score (nSPS) is 10.3. The maximum atomic E-state index is 11.6. The lowest BCUT2D eigenvalue weighted by Crippen LogP contribution is -2.29. The summed E-state index contributed by atoms with van der Waals surface area (Å²) in [5.74, 6) is 0.156. The molecule has 1 heterocycles. The number of hydrogen-bond donors (Lipinski definition) is 1. The summed E-state index contributed by atoms with van der Waals surface area (Å²) < 4.78 is 0. The molecule has 0 radical (unpaired) electrons. The van der Waals surface area contributed by atoms with Crippen molar-refractivity contribution in [3.8, 4) is 0 Å². The molecule has 1 amide bonds. The molecular weight excluding hydrogens is 210 g/mol. The second-order valence-electron chi connectivity index (χ2n) is 3.33. The van der Waals surface area contributed by atoms with Crippen LogP contribution in [-0.4, -0.2) is 35.9 Å². The van der Waals surface area contributed by atoms with E-state index in [2.05, 4.69) is 10.3 Å². The molecule has 15 heavy (non-hydrogen) atoms. The summed E-state index contributed by atoms with van der Waals surface area (Å²) in [4.78, 5) is 17.5. The van der Waals surface area contributed by atoms with Crippen molar-refractivity contribution in [2.45, 2.75) is 19.9 Å². The highest BCUT2D eigenvalue weighted by Crippen LogP contribution is 2.04. The van der Waals surface area contributed by atoms with Crippen LogP contribution in [0.15, 0.2) is 10.9 Å². The van der Waals surface area contributed by atoms with E-state index >= 15 is 0 Å². The van der Waals surface area contributed by atoms with Crippen LogP contribution in [0.5, 0.6) is 0 Å². The topological polar surface area (TPSA) is 45.2 Å². The van der Waals surface area contributed by atoms with Gasteiger partial charge in [0, 0.05) is 25.4 Å². The SMILES string of the molecule is CCNCCC(=O)N(C)Cc1cscn1. The third-order valence-corrected chi connectivity index (χ3v) is 2.71. The van der Waals surface area contributed by atoms with Gasteiger partial charge >= 0.3 is 0 Å². The fraction of sp³-hybridized carbons (Fsp3) is 0.600. The van der Waals surface area contributed by atoms with E-state index in [9.17, 15) is 4.79 Å². The number of carbonyl (C=O) groups is 1. The molecule has 0 bridgehead atoms. The first-order valence-corrected chi connectivity index (χ1v) is 6.00. The molecule has 1 rings (SSSR count). The van der Waals surface area contributed by atoms with Crippen LogP contribution in [0.3, 0.4) is 0 Å². The standard InChI is InChI=1S/C10H17N3OS/c1-3-11-5-4-10(14)13(2)6-9-7-15-8-12-9/h7-8,11H,3-6H2,1-2H3. The van der Waals surface area contributed by atoms with Crippen molar-refractivity contribution in [2.24, 2.45) is 0 Å². The molecule has 0 fully saturated rings. The second-order valence-corrected chi connectivity index (χ2v) is 4.05. The van der Waals surface area contributed by atoms with Crippen LogP contribution < -0.4 is 5.32 Å². The van der Waals surface area contributed by atoms with Gasteiger partial charge in [0.1, 0.15) is 0 Å². The van der Waals surface area contributed by atoms with E-state index in [4.69, 9.17) is 0 Å². The number of rotatable bonds is 6. The molecular formula is C10H17N3OS. The summed E-state index contributed by atoms with van der Waals surface area (Å²) in [5.41, 5.74) is 2.74. The van der Waals surface area contributed by atoms with Crippen molar-refractivity contribution in [1.29, 1.82) is 0 Å². The Labute approximate surface area is 94.3 Å². The number of nitrogens with zero attached hydrogens (tertiary/aromatic N) is 2. The third-order valence-electron chi connectivity index (χ3n) is 2.07. The predicted octanol–water partition coefficient (Wildman–Crippen LogP) is 1.10. The number of nitrogens with one attached hydrogen (secondary N) is 1. The Balaban J connectivity index is 2.27. The molecule has 5 heteroatoms. The number of hydrogen-bond acceptors (Lipinski definition) is 4. The molecule has 1 aromatic heterocycles. The molecule has 0 aliphatic heterocycles. The van der Waals surface area contributed by atoms with Crippen LogP contribution in [0.2, 0.25) is 0 Å². The highest BCUT2D eigenvalue weighted by Gasteiger charge is 2.09. The molecule has 0 spiro atoms. The zero-order chi connectivity index (χ0) is 11.1. The average Bonchev–Trinajstić information content (AvgIpc) is 2.70. The highest BCUT2D eigenvalue weighted by atomic mass is 32.1. The van der Waals surface area contributed by atoms with Gasteiger partial charge in [0.25, 0.3) is 0 Å². The molecule has 4 nitrogen and oxygen atoms in total. The van der Waals surface area contributed by atoms with Gasteiger partial charge in [-0.2, -0.15) is 0 Å². The first-order chi connectivity index (χ1) is 7.24. The minimum absolute atomic E-state index is 0.156. The van der Waals surface area contributed by atoms with Crippen LogP contribution in [0.1, 0.15) is 19.0 Å². The van der Waals surface area contributed by atoms with Gasteiger partial charge in [-0.1, -0.05) is 6.92 Å². The molecule has 0 atom stereocenters. The molecule has 0 saturated carbocycles. The van der Waals surface area contributed by atoms with Gasteiger partial charge in [0.05, 0.1) is 17.7 Å². The largest absolute Gasteiger partial charge is 0.340 e. The van der Waals surface area contributed by atoms with E-state index in [0.717, 1.165) is 18.8 Å². The Kier molecular flexibility index (Phi) is 5.28. The van der Waals surface area contributed by atoms with Crippen molar-refractivity contribution in [2.75, 3.05) is 20.1 Å². The maximum absolute atomic E-state index is 11.6. The lowest BCUT2D eigenvalue weighted by atomic mass is 10.3. The monoisotopic (exact) mass is 227 g/mol. The van der Waals surface area contributed by atoms with E-state index < -0.39 is 0 Å². The summed E-state index contributed by atoms with van der Waals surface area (Å²) in [5, 5.41) is 5.10. The van der Waals surface area contributed by atoms with Gasteiger partial charge < -0.3 is 10.2 Å². The maximum Gasteiger partial charge on any atom is 0.223 e. The van der Waals surface area contributed by atoms with Crippen molar-refractivity contribution in [1.82, 2.24) is 15.2 Å². The molecule has 0 saturated heterocycles. The molecule has 1 aromatic rings. The Hall–Kier alpha value is -0.940. The van der Waals surface area contributed by atoms with Crippen LogP contribution in [-0.2, 0) is 11.3 Å². The minimum atomic E-state index is 0.156. The third kappa shape index (κ3) is 4.40. The number of amides is 1. The van der Waals surface area contributed by atoms with Gasteiger partial charge in [-0.15, -0.1) is 11.3 Å². The van der Waals surface area contributed by atoms with Crippen LogP contribution in [0, 0.1) is 0 Å². The quantitative estimate of drug-likeness (QED) is 0.740. The minimum Gasteiger partial charge on any atom is -0.340 e. The van der Waals surface area contributed by atoms with Crippen molar-refractivity contribution in [3.63, 3.8) is 0 Å². The van der Waals surface area contributed by atoms with Crippen molar-refractivity contribution < 1.29 is 4.79 Å². The Morgan fingerprint density at radius 3 is 3.07 bits per heavy atom. The molecule has 0 aliphatic rings. The fourth-order valence-corrected chi connectivity index (χ4v) is 1.76. The van der Waals surface area contributed by atoms with Gasteiger partial charge in [-0.05, 0) is 6.54 Å². The number of carbonyl (C=O) groups excluding carboxylic acids is 1. The summed E-state index contributed by atoms with van der Waals surface area (Å²) in [6, 6.07) is 0. The lowest BCUT2D eigenvalue weighted by Gasteiger charge is -2.15. The highest BCUT2D eigenvalue weighted by molar-refractivity contribution is 7.07. The zero-order valence-electron chi connectivity index (χ0n) is 9.19. The number of aromatic nitrogens is 1. The van der Waals surface area contributed by atoms with E-state index in [1.807, 2.05) is 19.4 Å². The van der Waals surface area contributed by atoms with Crippen molar-refractivity contribution in [3.05, 3.63) is 16.6 Å². The van der Waals surface area contributed by atoms with Crippen LogP contribution >= 0.6 is 11.3 Å². The number of thiazole rings is 1. The van der Waals surface area contributed by atoms with Gasteiger partial charge in [0.2, 0.25) is 5.91 Å². The average molecular weight is 227 g/mol. The second kappa shape index (κ2) is 6.53. The first kappa shape index (κ1) is 12.1. The van der Waals surface area contributed by atoms with E-state index in [-0.39, 0.29) is 5.91 Å². The van der Waals surface area contributed by atoms with Gasteiger partial charge in [0.15, 0.2) is 0 Å². The van der Waals surface area contributed by atoms with E-state index in [0.29, 0.717) is 13.0 Å². The molecule has 0 unspecified atom stereocenters. The smallest absolute Gasteiger partial charge is 0.223 e. The molecule has 0 aliphatic carbocycles. The van der Waals surface area contributed by atoms with Gasteiger partial charge in [-0.3, -0.25) is 4.79 Å². The summed E-state index contributed by atoms with van der Waals surface area (Å²) in [7, 11) is 1.81. The predicted molar refractivity (Wildman–Crippen MR) is 61.7 cm³/mol. The van der Waals surface area contributed by atoms with Crippen LogP contribution in [0.25, 0.3) is 0 Å². The molecule has 1 N–H and O–H groups in total. The zero-order valence-corrected chi connectivity index (χ0v) is 10.0. The Morgan fingerprint density at radius 2 is 2.47 bits per heavy atom.